The van der Waals surface area contributed by atoms with Gasteiger partial charge in [0.2, 0.25) is 24.4 Å². The summed E-state index contributed by atoms with van der Waals surface area (Å²) in [5.74, 6) is -0.800. The molecule has 3 atom stereocenters. The third-order valence-corrected chi connectivity index (χ3v) is 7.59. The lowest BCUT2D eigenvalue weighted by Crippen LogP contribution is -2.49. The number of rotatable bonds is 12. The highest BCUT2D eigenvalue weighted by Gasteiger charge is 2.49. The van der Waals surface area contributed by atoms with Crippen molar-refractivity contribution in [1.29, 1.82) is 0 Å². The van der Waals surface area contributed by atoms with E-state index in [0.29, 0.717) is 56.4 Å². The Morgan fingerprint density at radius 2 is 2.08 bits per heavy atom. The summed E-state index contributed by atoms with van der Waals surface area (Å²) in [6, 6.07) is 3.08. The van der Waals surface area contributed by atoms with Gasteiger partial charge in [0.05, 0.1) is 19.6 Å². The molecule has 0 saturated carbocycles. The first-order chi connectivity index (χ1) is 17.9. The number of carbonyl (C=O) groups excluding carboxylic acids is 2. The van der Waals surface area contributed by atoms with Gasteiger partial charge in [0.1, 0.15) is 0 Å². The fraction of sp³-hybridized carbons (Fsp3) is 0.654. The van der Waals surface area contributed by atoms with Crippen LogP contribution >= 0.6 is 0 Å². The van der Waals surface area contributed by atoms with Crippen molar-refractivity contribution < 1.29 is 33.7 Å². The van der Waals surface area contributed by atoms with Crippen LogP contribution in [0.15, 0.2) is 12.1 Å². The predicted molar refractivity (Wildman–Crippen MR) is 135 cm³/mol. The average molecular weight is 519 g/mol. The quantitative estimate of drug-likeness (QED) is 0.417. The summed E-state index contributed by atoms with van der Waals surface area (Å²) in [5.41, 5.74) is 6.51. The zero-order valence-electron chi connectivity index (χ0n) is 21.7. The van der Waals surface area contributed by atoms with E-state index in [9.17, 15) is 19.5 Å². The molecular weight excluding hydrogens is 480 g/mol. The molecule has 0 spiro atoms. The Labute approximate surface area is 217 Å². The van der Waals surface area contributed by atoms with Gasteiger partial charge in [0.25, 0.3) is 0 Å². The van der Waals surface area contributed by atoms with Crippen LogP contribution in [0.3, 0.4) is 0 Å². The first-order valence-electron chi connectivity index (χ1n) is 13.1. The van der Waals surface area contributed by atoms with E-state index in [4.69, 9.17) is 19.9 Å². The third kappa shape index (κ3) is 5.77. The summed E-state index contributed by atoms with van der Waals surface area (Å²) < 4.78 is 16.6. The molecule has 204 valence electrons. The Kier molecular flexibility index (Phi) is 8.75. The van der Waals surface area contributed by atoms with Crippen molar-refractivity contribution >= 4 is 17.8 Å². The monoisotopic (exact) mass is 518 g/mol. The minimum atomic E-state index is -0.960. The molecule has 0 aromatic heterocycles. The van der Waals surface area contributed by atoms with E-state index in [1.54, 1.807) is 21.9 Å². The number of amides is 2. The summed E-state index contributed by atoms with van der Waals surface area (Å²) in [6.07, 6.45) is 3.04. The van der Waals surface area contributed by atoms with Gasteiger partial charge in [-0.05, 0) is 30.5 Å². The topological polar surface area (TPSA) is 135 Å². The Morgan fingerprint density at radius 1 is 1.27 bits per heavy atom. The van der Waals surface area contributed by atoms with Gasteiger partial charge in [0, 0.05) is 57.6 Å². The van der Waals surface area contributed by atoms with Crippen molar-refractivity contribution in [2.75, 3.05) is 59.7 Å². The second-order valence-electron chi connectivity index (χ2n) is 9.89. The summed E-state index contributed by atoms with van der Waals surface area (Å²) >= 11 is 0. The summed E-state index contributed by atoms with van der Waals surface area (Å²) in [7, 11) is 1.53. The molecule has 3 N–H and O–H groups in total. The third-order valence-electron chi connectivity index (χ3n) is 7.59. The van der Waals surface area contributed by atoms with E-state index in [2.05, 4.69) is 6.92 Å². The molecule has 37 heavy (non-hydrogen) atoms. The number of carboxylic acids is 1. The van der Waals surface area contributed by atoms with Crippen molar-refractivity contribution in [3.8, 4) is 17.2 Å². The van der Waals surface area contributed by atoms with Crippen LogP contribution < -0.4 is 19.9 Å². The van der Waals surface area contributed by atoms with Gasteiger partial charge < -0.3 is 34.9 Å². The van der Waals surface area contributed by atoms with Crippen molar-refractivity contribution in [3.63, 3.8) is 0 Å². The van der Waals surface area contributed by atoms with Crippen LogP contribution in [0.2, 0.25) is 0 Å². The van der Waals surface area contributed by atoms with Gasteiger partial charge in [-0.1, -0.05) is 13.3 Å². The lowest BCUT2D eigenvalue weighted by atomic mass is 9.84. The predicted octanol–water partition coefficient (Wildman–Crippen LogP) is 1.10. The Balaban J connectivity index is 1.65. The maximum Gasteiger partial charge on any atom is 0.308 e. The molecule has 0 bridgehead atoms. The molecule has 11 heteroatoms. The van der Waals surface area contributed by atoms with Gasteiger partial charge in [-0.15, -0.1) is 0 Å². The van der Waals surface area contributed by atoms with E-state index >= 15 is 0 Å². The number of hydrogen-bond acceptors (Lipinski definition) is 8. The maximum absolute atomic E-state index is 13.4. The number of carboxylic acid groups (broad SMARTS) is 1. The second kappa shape index (κ2) is 12.0. The van der Waals surface area contributed by atoms with Crippen LogP contribution in [0.25, 0.3) is 0 Å². The SMILES string of the molecule is CCCCN(CCN)C(=O)CN1C[C@H](c2cc(OC)c3c(c2)OCO3)C(C(=O)O)[C@@H]1CN1CCCC1=O. The molecule has 2 saturated heterocycles. The molecule has 3 aliphatic heterocycles. The van der Waals surface area contributed by atoms with Crippen LogP contribution in [-0.2, 0) is 14.4 Å². The average Bonchev–Trinajstić information content (AvgIpc) is 3.60. The number of aliphatic carboxylic acids is 1. The van der Waals surface area contributed by atoms with E-state index in [-0.39, 0.29) is 31.7 Å². The zero-order valence-corrected chi connectivity index (χ0v) is 21.7. The standard InChI is InChI=1S/C26H38N4O7/c1-3-4-8-28(10-7-27)23(32)15-30-13-18(17-11-20(35-2)25-21(12-17)36-16-37-25)24(26(33)34)19(30)14-29-9-5-6-22(29)31/h11-12,18-19,24H,3-10,13-16,27H2,1-2H3,(H,33,34)/t18-,19+,24?/m1/s1. The van der Waals surface area contributed by atoms with Gasteiger partial charge in [-0.2, -0.15) is 0 Å². The molecule has 3 aliphatic rings. The van der Waals surface area contributed by atoms with Gasteiger partial charge in [-0.3, -0.25) is 19.3 Å². The molecular formula is C26H38N4O7. The highest BCUT2D eigenvalue weighted by molar-refractivity contribution is 5.80. The van der Waals surface area contributed by atoms with Crippen LogP contribution in [0.1, 0.15) is 44.1 Å². The lowest BCUT2D eigenvalue weighted by molar-refractivity contribution is -0.144. The van der Waals surface area contributed by atoms with Crippen molar-refractivity contribution in [2.45, 2.75) is 44.6 Å². The molecule has 1 aromatic carbocycles. The number of ether oxygens (including phenoxy) is 3. The summed E-state index contributed by atoms with van der Waals surface area (Å²) in [4.78, 5) is 44.0. The van der Waals surface area contributed by atoms with Crippen LogP contribution in [-0.4, -0.2) is 103 Å². The smallest absolute Gasteiger partial charge is 0.308 e. The second-order valence-corrected chi connectivity index (χ2v) is 9.89. The maximum atomic E-state index is 13.4. The fourth-order valence-corrected chi connectivity index (χ4v) is 5.68. The molecule has 0 radical (unpaired) electrons. The number of carbonyl (C=O) groups is 3. The number of likely N-dealkylation sites (tertiary alicyclic amines) is 2. The van der Waals surface area contributed by atoms with Crippen LogP contribution in [0, 0.1) is 5.92 Å². The van der Waals surface area contributed by atoms with Crippen LogP contribution in [0.4, 0.5) is 0 Å². The van der Waals surface area contributed by atoms with Gasteiger partial charge in [-0.25, -0.2) is 0 Å². The van der Waals surface area contributed by atoms with E-state index < -0.39 is 23.8 Å². The fourth-order valence-electron chi connectivity index (χ4n) is 5.68. The number of hydrogen-bond donors (Lipinski definition) is 2. The minimum absolute atomic E-state index is 0.0244. The Morgan fingerprint density at radius 3 is 2.73 bits per heavy atom. The zero-order chi connectivity index (χ0) is 26.5. The highest BCUT2D eigenvalue weighted by atomic mass is 16.7. The van der Waals surface area contributed by atoms with Crippen molar-refractivity contribution in [2.24, 2.45) is 11.7 Å². The minimum Gasteiger partial charge on any atom is -0.493 e. The molecule has 1 unspecified atom stereocenters. The van der Waals surface area contributed by atoms with Gasteiger partial charge in [0.15, 0.2) is 11.5 Å². The number of nitrogens with zero attached hydrogens (tertiary/aromatic N) is 3. The lowest BCUT2D eigenvalue weighted by Gasteiger charge is -2.32. The molecule has 0 aliphatic carbocycles. The van der Waals surface area contributed by atoms with Gasteiger partial charge >= 0.3 is 5.97 Å². The van der Waals surface area contributed by atoms with Crippen molar-refractivity contribution in [3.05, 3.63) is 17.7 Å². The van der Waals surface area contributed by atoms with E-state index in [1.165, 1.54) is 7.11 Å². The normalized spacial score (nSPS) is 23.1. The van der Waals surface area contributed by atoms with E-state index in [1.807, 2.05) is 4.90 Å². The van der Waals surface area contributed by atoms with Crippen LogP contribution in [0.5, 0.6) is 17.2 Å². The highest BCUT2D eigenvalue weighted by Crippen LogP contribution is 2.47. The molecule has 4 rings (SSSR count). The largest absolute Gasteiger partial charge is 0.493 e. The number of fused-ring (bicyclic) bond motifs is 1. The molecule has 1 aromatic rings. The van der Waals surface area contributed by atoms with E-state index in [0.717, 1.165) is 24.8 Å². The number of nitrogens with two attached hydrogens (primary N) is 1. The number of benzene rings is 1. The summed E-state index contributed by atoms with van der Waals surface area (Å²) in [6.45, 7) is 4.84. The Hall–Kier alpha value is -3.05. The van der Waals surface area contributed by atoms with Crippen molar-refractivity contribution in [1.82, 2.24) is 14.7 Å². The summed E-state index contributed by atoms with van der Waals surface area (Å²) in [5, 5.41) is 10.4. The molecule has 3 heterocycles. The number of methoxy groups -OCH3 is 1. The molecule has 2 fully saturated rings. The molecule has 2 amide bonds. The Bertz CT molecular complexity index is 1000. The molecule has 11 nitrogen and oxygen atoms in total. The number of unbranched alkanes of at least 4 members (excludes halogenated alkanes) is 1. The first-order valence-corrected chi connectivity index (χ1v) is 13.1. The first kappa shape index (κ1) is 27.0.